The van der Waals surface area contributed by atoms with Crippen LogP contribution in [0.25, 0.3) is 5.69 Å². The maximum Gasteiger partial charge on any atom is 0.418 e. The summed E-state index contributed by atoms with van der Waals surface area (Å²) in [5.41, 5.74) is 3.92. The molecule has 0 aliphatic carbocycles. The van der Waals surface area contributed by atoms with Crippen LogP contribution in [0.3, 0.4) is 0 Å². The van der Waals surface area contributed by atoms with Gasteiger partial charge in [0.15, 0.2) is 0 Å². The molecule has 140 valence electrons. The first kappa shape index (κ1) is 18.7. The number of nitrogens with zero attached hydrogens (tertiary/aromatic N) is 2. The number of para-hydroxylation sites is 1. The lowest BCUT2D eigenvalue weighted by Gasteiger charge is -2.14. The monoisotopic (exact) mass is 363 g/mol. The van der Waals surface area contributed by atoms with Crippen LogP contribution in [0, 0.1) is 13.8 Å². The second-order valence-electron chi connectivity index (χ2n) is 7.69. The Morgan fingerprint density at radius 2 is 1.74 bits per heavy atom. The van der Waals surface area contributed by atoms with Crippen molar-refractivity contribution in [1.29, 1.82) is 0 Å². The number of amides is 1. The Morgan fingerprint density at radius 3 is 2.37 bits per heavy atom. The minimum atomic E-state index is -0.549. The molecule has 0 saturated carbocycles. The lowest BCUT2D eigenvalue weighted by molar-refractivity contribution is 0.215. The molecule has 5 nitrogen and oxygen atoms in total. The molecule has 0 aliphatic rings. The summed E-state index contributed by atoms with van der Waals surface area (Å²) < 4.78 is 7.13. The molecule has 0 bridgehead atoms. The first-order valence-corrected chi connectivity index (χ1v) is 8.96. The quantitative estimate of drug-likeness (QED) is 0.678. The van der Waals surface area contributed by atoms with Crippen molar-refractivity contribution in [1.82, 2.24) is 9.78 Å². The maximum atomic E-state index is 12.4. The van der Waals surface area contributed by atoms with Crippen molar-refractivity contribution < 1.29 is 9.53 Å². The minimum Gasteiger partial charge on any atom is -0.410 e. The number of benzene rings is 2. The summed E-state index contributed by atoms with van der Waals surface area (Å²) in [5, 5.41) is 7.58. The van der Waals surface area contributed by atoms with E-state index in [-0.39, 0.29) is 5.41 Å². The zero-order valence-corrected chi connectivity index (χ0v) is 16.4. The predicted molar refractivity (Wildman–Crippen MR) is 108 cm³/mol. The molecule has 0 saturated heterocycles. The summed E-state index contributed by atoms with van der Waals surface area (Å²) in [4.78, 5) is 12.4. The number of aromatic nitrogens is 2. The van der Waals surface area contributed by atoms with Gasteiger partial charge in [-0.15, -0.1) is 0 Å². The van der Waals surface area contributed by atoms with E-state index in [0.29, 0.717) is 11.6 Å². The molecule has 5 heteroatoms. The molecule has 0 spiro atoms. The number of carbonyl (C=O) groups is 1. The topological polar surface area (TPSA) is 56.2 Å². The van der Waals surface area contributed by atoms with Crippen molar-refractivity contribution in [3.05, 3.63) is 71.4 Å². The molecular formula is C22H25N3O2. The SMILES string of the molecule is Cc1ccc(-n2nc(C(C)(C)C)cc2NC(=O)Oc2ccccc2)c(C)c1. The first-order valence-electron chi connectivity index (χ1n) is 8.96. The van der Waals surface area contributed by atoms with E-state index >= 15 is 0 Å². The van der Waals surface area contributed by atoms with Crippen LogP contribution < -0.4 is 10.1 Å². The Kier molecular flexibility index (Phi) is 5.04. The molecular weight excluding hydrogens is 338 g/mol. The third-order valence-corrected chi connectivity index (χ3v) is 4.24. The van der Waals surface area contributed by atoms with Gasteiger partial charge in [-0.2, -0.15) is 5.10 Å². The van der Waals surface area contributed by atoms with Crippen LogP contribution in [0.5, 0.6) is 5.75 Å². The highest BCUT2D eigenvalue weighted by Gasteiger charge is 2.22. The summed E-state index contributed by atoms with van der Waals surface area (Å²) in [5.74, 6) is 1.07. The van der Waals surface area contributed by atoms with E-state index < -0.39 is 6.09 Å². The number of rotatable bonds is 3. The lowest BCUT2D eigenvalue weighted by atomic mass is 9.92. The lowest BCUT2D eigenvalue weighted by Crippen LogP contribution is -2.19. The number of nitrogens with one attached hydrogen (secondary N) is 1. The number of hydrogen-bond donors (Lipinski definition) is 1. The van der Waals surface area contributed by atoms with Gasteiger partial charge in [0.05, 0.1) is 11.4 Å². The first-order chi connectivity index (χ1) is 12.7. The largest absolute Gasteiger partial charge is 0.418 e. The smallest absolute Gasteiger partial charge is 0.410 e. The Morgan fingerprint density at radius 1 is 1.04 bits per heavy atom. The van der Waals surface area contributed by atoms with Crippen LogP contribution in [-0.4, -0.2) is 15.9 Å². The minimum absolute atomic E-state index is 0.149. The number of anilines is 1. The van der Waals surface area contributed by atoms with Crippen molar-refractivity contribution in [3.8, 4) is 11.4 Å². The molecule has 27 heavy (non-hydrogen) atoms. The zero-order chi connectivity index (χ0) is 19.6. The highest BCUT2D eigenvalue weighted by Crippen LogP contribution is 2.28. The number of aryl methyl sites for hydroxylation is 2. The predicted octanol–water partition coefficient (Wildman–Crippen LogP) is 5.40. The van der Waals surface area contributed by atoms with Crippen LogP contribution in [0.1, 0.15) is 37.6 Å². The summed E-state index contributed by atoms with van der Waals surface area (Å²) in [6, 6.07) is 17.0. The van der Waals surface area contributed by atoms with E-state index in [0.717, 1.165) is 16.9 Å². The molecule has 0 unspecified atom stereocenters. The Labute approximate surface area is 160 Å². The highest BCUT2D eigenvalue weighted by molar-refractivity contribution is 5.85. The summed E-state index contributed by atoms with van der Waals surface area (Å²) >= 11 is 0. The van der Waals surface area contributed by atoms with Crippen LogP contribution in [0.4, 0.5) is 10.6 Å². The Hall–Kier alpha value is -3.08. The van der Waals surface area contributed by atoms with Gasteiger partial charge in [-0.1, -0.05) is 56.7 Å². The van der Waals surface area contributed by atoms with Gasteiger partial charge in [0.25, 0.3) is 0 Å². The average Bonchev–Trinajstić information content (AvgIpc) is 2.99. The van der Waals surface area contributed by atoms with Gasteiger partial charge in [0.1, 0.15) is 11.6 Å². The molecule has 3 aromatic rings. The van der Waals surface area contributed by atoms with Crippen molar-refractivity contribution in [2.24, 2.45) is 0 Å². The third-order valence-electron chi connectivity index (χ3n) is 4.24. The summed E-state index contributed by atoms with van der Waals surface area (Å²) in [6.07, 6.45) is -0.549. The number of carbonyl (C=O) groups excluding carboxylic acids is 1. The van der Waals surface area contributed by atoms with E-state index in [4.69, 9.17) is 9.84 Å². The fraction of sp³-hybridized carbons (Fsp3) is 0.273. The highest BCUT2D eigenvalue weighted by atomic mass is 16.6. The van der Waals surface area contributed by atoms with Gasteiger partial charge in [0, 0.05) is 11.5 Å². The van der Waals surface area contributed by atoms with E-state index in [2.05, 4.69) is 39.1 Å². The Balaban J connectivity index is 1.95. The molecule has 1 aromatic heterocycles. The van der Waals surface area contributed by atoms with Gasteiger partial charge in [-0.25, -0.2) is 9.48 Å². The van der Waals surface area contributed by atoms with Crippen LogP contribution in [-0.2, 0) is 5.41 Å². The van der Waals surface area contributed by atoms with Gasteiger partial charge in [-0.3, -0.25) is 5.32 Å². The fourth-order valence-corrected chi connectivity index (χ4v) is 2.79. The average molecular weight is 363 g/mol. The van der Waals surface area contributed by atoms with E-state index in [9.17, 15) is 4.79 Å². The molecule has 0 aliphatic heterocycles. The van der Waals surface area contributed by atoms with Crippen molar-refractivity contribution in [3.63, 3.8) is 0 Å². The maximum absolute atomic E-state index is 12.4. The van der Waals surface area contributed by atoms with Crippen LogP contribution in [0.2, 0.25) is 0 Å². The van der Waals surface area contributed by atoms with E-state index in [1.807, 2.05) is 43.3 Å². The third kappa shape index (κ3) is 4.37. The van der Waals surface area contributed by atoms with Gasteiger partial charge >= 0.3 is 6.09 Å². The van der Waals surface area contributed by atoms with Gasteiger partial charge in [0.2, 0.25) is 0 Å². The summed E-state index contributed by atoms with van der Waals surface area (Å²) in [7, 11) is 0. The Bertz CT molecular complexity index is 953. The van der Waals surface area contributed by atoms with Gasteiger partial charge in [-0.05, 0) is 37.6 Å². The molecule has 0 radical (unpaired) electrons. The van der Waals surface area contributed by atoms with Crippen molar-refractivity contribution in [2.45, 2.75) is 40.0 Å². The fourth-order valence-electron chi connectivity index (χ4n) is 2.79. The van der Waals surface area contributed by atoms with Gasteiger partial charge < -0.3 is 4.74 Å². The number of hydrogen-bond acceptors (Lipinski definition) is 3. The van der Waals surface area contributed by atoms with Crippen molar-refractivity contribution >= 4 is 11.9 Å². The van der Waals surface area contributed by atoms with Crippen LogP contribution in [0.15, 0.2) is 54.6 Å². The molecule has 1 heterocycles. The second kappa shape index (κ2) is 7.27. The van der Waals surface area contributed by atoms with Crippen LogP contribution >= 0.6 is 0 Å². The molecule has 1 N–H and O–H groups in total. The number of ether oxygens (including phenoxy) is 1. The molecule has 0 fully saturated rings. The zero-order valence-electron chi connectivity index (χ0n) is 16.4. The van der Waals surface area contributed by atoms with Crippen molar-refractivity contribution in [2.75, 3.05) is 5.32 Å². The molecule has 1 amide bonds. The summed E-state index contributed by atoms with van der Waals surface area (Å²) in [6.45, 7) is 10.4. The normalized spacial score (nSPS) is 11.3. The molecule has 3 rings (SSSR count). The van der Waals surface area contributed by atoms with E-state index in [1.54, 1.807) is 16.8 Å². The molecule has 0 atom stereocenters. The standard InChI is InChI=1S/C22H25N3O2/c1-15-11-12-18(16(2)13-15)25-20(14-19(24-25)22(3,4)5)23-21(26)27-17-9-7-6-8-10-17/h6-14H,1-5H3,(H,23,26). The second-order valence-corrected chi connectivity index (χ2v) is 7.69. The molecule has 2 aromatic carbocycles. The van der Waals surface area contributed by atoms with E-state index in [1.165, 1.54) is 5.56 Å².